The average molecular weight is 203 g/mol. The molecule has 1 aromatic heterocycles. The molecule has 4 nitrogen and oxygen atoms in total. The van der Waals surface area contributed by atoms with Crippen molar-refractivity contribution in [3.05, 3.63) is 47.1 Å². The lowest BCUT2D eigenvalue weighted by Gasteiger charge is -1.92. The Morgan fingerprint density at radius 1 is 1.27 bits per heavy atom. The highest BCUT2D eigenvalue weighted by atomic mass is 16.4. The number of oxazole rings is 1. The van der Waals surface area contributed by atoms with E-state index >= 15 is 0 Å². The molecule has 0 atom stereocenters. The number of aromatic nitrogens is 1. The van der Waals surface area contributed by atoms with Crippen molar-refractivity contribution in [1.82, 2.24) is 4.57 Å². The number of carbonyl (C=O) groups is 1. The van der Waals surface area contributed by atoms with E-state index in [1.54, 1.807) is 0 Å². The Kier molecular flexibility index (Phi) is 2.25. The highest BCUT2D eigenvalue weighted by molar-refractivity contribution is 5.76. The van der Waals surface area contributed by atoms with Crippen LogP contribution >= 0.6 is 0 Å². The van der Waals surface area contributed by atoms with E-state index in [0.29, 0.717) is 5.76 Å². The lowest BCUT2D eigenvalue weighted by molar-refractivity contribution is 0.0928. The van der Waals surface area contributed by atoms with Crippen LogP contribution in [-0.4, -0.2) is 10.5 Å². The molecular weight excluding hydrogens is 194 g/mol. The minimum Gasteiger partial charge on any atom is -0.407 e. The van der Waals surface area contributed by atoms with Crippen LogP contribution in [0.1, 0.15) is 11.7 Å². The predicted molar refractivity (Wildman–Crippen MR) is 54.7 cm³/mol. The largest absolute Gasteiger partial charge is 0.426 e. The van der Waals surface area contributed by atoms with Gasteiger partial charge in [-0.15, -0.1) is 0 Å². The fourth-order valence-corrected chi connectivity index (χ4v) is 1.29. The minimum atomic E-state index is -0.652. The van der Waals surface area contributed by atoms with Gasteiger partial charge in [0.25, 0.3) is 0 Å². The molecule has 0 N–H and O–H groups in total. The summed E-state index contributed by atoms with van der Waals surface area (Å²) in [6.45, 7) is 1.31. The summed E-state index contributed by atoms with van der Waals surface area (Å²) in [6, 6.07) is 9.15. The molecule has 2 aromatic rings. The molecule has 0 aliphatic heterocycles. The summed E-state index contributed by atoms with van der Waals surface area (Å²) in [5, 5.41) is 0. The van der Waals surface area contributed by atoms with Crippen molar-refractivity contribution in [2.75, 3.05) is 0 Å². The second-order valence-electron chi connectivity index (χ2n) is 3.12. The van der Waals surface area contributed by atoms with Crippen LogP contribution in [0.25, 0.3) is 11.3 Å². The number of benzene rings is 1. The number of hydrogen-bond acceptors (Lipinski definition) is 3. The Hall–Kier alpha value is -2.10. The molecule has 0 saturated carbocycles. The maximum Gasteiger partial charge on any atom is 0.426 e. The maximum atomic E-state index is 11.2. The van der Waals surface area contributed by atoms with Gasteiger partial charge in [-0.3, -0.25) is 4.79 Å². The lowest BCUT2D eigenvalue weighted by atomic mass is 10.2. The second-order valence-corrected chi connectivity index (χ2v) is 3.12. The zero-order chi connectivity index (χ0) is 10.8. The third-order valence-corrected chi connectivity index (χ3v) is 2.04. The Morgan fingerprint density at radius 2 is 1.93 bits per heavy atom. The number of carbonyl (C=O) groups excluding carboxylic acids is 1. The van der Waals surface area contributed by atoms with Crippen molar-refractivity contribution < 1.29 is 9.21 Å². The van der Waals surface area contributed by atoms with Crippen LogP contribution in [0.15, 0.2) is 45.7 Å². The Balaban J connectivity index is 2.53. The predicted octanol–water partition coefficient (Wildman–Crippen LogP) is 1.77. The van der Waals surface area contributed by atoms with Crippen LogP contribution in [0.2, 0.25) is 0 Å². The molecule has 0 aliphatic rings. The zero-order valence-corrected chi connectivity index (χ0v) is 8.14. The summed E-state index contributed by atoms with van der Waals surface area (Å²) < 4.78 is 5.90. The standard InChI is InChI=1S/C11H9NO3/c1-8(13)12-7-10(15-11(12)14)9-5-3-2-4-6-9/h2-7H,1H3. The Labute approximate surface area is 85.8 Å². The number of hydrogen-bond donors (Lipinski definition) is 0. The maximum absolute atomic E-state index is 11.2. The monoisotopic (exact) mass is 203 g/mol. The van der Waals surface area contributed by atoms with Crippen molar-refractivity contribution in [3.63, 3.8) is 0 Å². The van der Waals surface area contributed by atoms with Crippen LogP contribution in [0.3, 0.4) is 0 Å². The van der Waals surface area contributed by atoms with Crippen molar-refractivity contribution in [2.24, 2.45) is 0 Å². The molecule has 0 bridgehead atoms. The fourth-order valence-electron chi connectivity index (χ4n) is 1.29. The van der Waals surface area contributed by atoms with Crippen LogP contribution in [0.4, 0.5) is 0 Å². The lowest BCUT2D eigenvalue weighted by Crippen LogP contribution is -2.18. The smallest absolute Gasteiger partial charge is 0.407 e. The van der Waals surface area contributed by atoms with E-state index in [1.165, 1.54) is 13.1 Å². The third kappa shape index (κ3) is 1.74. The third-order valence-electron chi connectivity index (χ3n) is 2.04. The van der Waals surface area contributed by atoms with E-state index in [0.717, 1.165) is 10.1 Å². The minimum absolute atomic E-state index is 0.356. The SMILES string of the molecule is CC(=O)n1cc(-c2ccccc2)oc1=O. The van der Waals surface area contributed by atoms with Crippen molar-refractivity contribution >= 4 is 5.91 Å². The molecule has 0 fully saturated rings. The Bertz CT molecular complexity index is 536. The van der Waals surface area contributed by atoms with E-state index < -0.39 is 5.76 Å². The normalized spacial score (nSPS) is 10.2. The molecule has 15 heavy (non-hydrogen) atoms. The van der Waals surface area contributed by atoms with E-state index in [-0.39, 0.29) is 5.91 Å². The van der Waals surface area contributed by atoms with Gasteiger partial charge in [-0.1, -0.05) is 30.3 Å². The van der Waals surface area contributed by atoms with Crippen LogP contribution in [0.5, 0.6) is 0 Å². The van der Waals surface area contributed by atoms with Crippen LogP contribution in [-0.2, 0) is 0 Å². The molecular formula is C11H9NO3. The highest BCUT2D eigenvalue weighted by Crippen LogP contribution is 2.16. The number of rotatable bonds is 1. The van der Waals surface area contributed by atoms with E-state index in [9.17, 15) is 9.59 Å². The van der Waals surface area contributed by atoms with E-state index in [4.69, 9.17) is 4.42 Å². The summed E-state index contributed by atoms with van der Waals surface area (Å²) >= 11 is 0. The first kappa shape index (κ1) is 9.45. The zero-order valence-electron chi connectivity index (χ0n) is 8.14. The van der Waals surface area contributed by atoms with Gasteiger partial charge in [0.05, 0.1) is 6.20 Å². The average Bonchev–Trinajstić information content (AvgIpc) is 2.62. The molecule has 4 heteroatoms. The van der Waals surface area contributed by atoms with Gasteiger partial charge in [0.1, 0.15) is 0 Å². The van der Waals surface area contributed by atoms with Crippen LogP contribution < -0.4 is 5.76 Å². The summed E-state index contributed by atoms with van der Waals surface area (Å²) in [6.07, 6.45) is 1.40. The summed E-state index contributed by atoms with van der Waals surface area (Å²) in [4.78, 5) is 22.2. The topological polar surface area (TPSA) is 52.2 Å². The summed E-state index contributed by atoms with van der Waals surface area (Å²) in [5.74, 6) is -0.608. The van der Waals surface area contributed by atoms with Gasteiger partial charge in [0, 0.05) is 12.5 Å². The Morgan fingerprint density at radius 3 is 2.47 bits per heavy atom. The van der Waals surface area contributed by atoms with Gasteiger partial charge in [0.15, 0.2) is 5.76 Å². The highest BCUT2D eigenvalue weighted by Gasteiger charge is 2.09. The van der Waals surface area contributed by atoms with E-state index in [1.807, 2.05) is 30.3 Å². The molecule has 0 radical (unpaired) electrons. The van der Waals surface area contributed by atoms with Gasteiger partial charge in [-0.2, -0.15) is 0 Å². The first-order valence-corrected chi connectivity index (χ1v) is 4.47. The molecule has 0 amide bonds. The van der Waals surface area contributed by atoms with Gasteiger partial charge in [-0.05, 0) is 0 Å². The summed E-state index contributed by atoms with van der Waals surface area (Å²) in [5.41, 5.74) is 0.773. The molecule has 76 valence electrons. The summed E-state index contributed by atoms with van der Waals surface area (Å²) in [7, 11) is 0. The van der Waals surface area contributed by atoms with Crippen molar-refractivity contribution in [1.29, 1.82) is 0 Å². The van der Waals surface area contributed by atoms with Gasteiger partial charge in [0.2, 0.25) is 5.91 Å². The molecule has 1 aromatic carbocycles. The number of nitrogens with zero attached hydrogens (tertiary/aromatic N) is 1. The first-order valence-electron chi connectivity index (χ1n) is 4.47. The van der Waals surface area contributed by atoms with Gasteiger partial charge in [-0.25, -0.2) is 9.36 Å². The first-order chi connectivity index (χ1) is 7.18. The van der Waals surface area contributed by atoms with Crippen molar-refractivity contribution in [2.45, 2.75) is 6.92 Å². The van der Waals surface area contributed by atoms with Gasteiger partial charge < -0.3 is 4.42 Å². The molecule has 0 saturated heterocycles. The molecule has 0 unspecified atom stereocenters. The van der Waals surface area contributed by atoms with Gasteiger partial charge >= 0.3 is 5.76 Å². The molecule has 0 aliphatic carbocycles. The van der Waals surface area contributed by atoms with Crippen LogP contribution in [0, 0.1) is 0 Å². The molecule has 0 spiro atoms. The van der Waals surface area contributed by atoms with E-state index in [2.05, 4.69) is 0 Å². The fraction of sp³-hybridized carbons (Fsp3) is 0.0909. The quantitative estimate of drug-likeness (QED) is 0.709. The van der Waals surface area contributed by atoms with Crippen molar-refractivity contribution in [3.8, 4) is 11.3 Å². The second kappa shape index (κ2) is 3.57. The molecule has 1 heterocycles. The molecule has 2 rings (SSSR count).